The zero-order valence-corrected chi connectivity index (χ0v) is 11.4. The van der Waals surface area contributed by atoms with Crippen LogP contribution < -0.4 is 4.90 Å². The van der Waals surface area contributed by atoms with Crippen molar-refractivity contribution in [3.63, 3.8) is 0 Å². The van der Waals surface area contributed by atoms with Crippen molar-refractivity contribution in [3.8, 4) is 0 Å². The van der Waals surface area contributed by atoms with Crippen molar-refractivity contribution in [1.29, 1.82) is 0 Å². The fraction of sp³-hybridized carbons (Fsp3) is 0.286. The molecule has 0 aliphatic heterocycles. The van der Waals surface area contributed by atoms with Crippen LogP contribution in [-0.4, -0.2) is 21.7 Å². The molecule has 3 nitrogen and oxygen atoms in total. The van der Waals surface area contributed by atoms with Gasteiger partial charge in [0, 0.05) is 29.6 Å². The maximum Gasteiger partial charge on any atom is 0.171 e. The van der Waals surface area contributed by atoms with E-state index in [0.717, 1.165) is 17.8 Å². The van der Waals surface area contributed by atoms with Crippen molar-refractivity contribution in [2.75, 3.05) is 18.2 Å². The van der Waals surface area contributed by atoms with Crippen LogP contribution in [0.15, 0.2) is 53.1 Å². The molecule has 0 atom stereocenters. The minimum Gasteiger partial charge on any atom is -0.348 e. The fourth-order valence-electron chi connectivity index (χ4n) is 2.01. The average molecular weight is 263 g/mol. The molecule has 0 N–H and O–H groups in total. The Morgan fingerprint density at radius 2 is 1.72 bits per heavy atom. The minimum atomic E-state index is -3.04. The van der Waals surface area contributed by atoms with Crippen LogP contribution in [0.1, 0.15) is 12.8 Å². The van der Waals surface area contributed by atoms with E-state index < -0.39 is 9.84 Å². The number of allylic oxidation sites excluding steroid dienone is 4. The summed E-state index contributed by atoms with van der Waals surface area (Å²) in [5.41, 5.74) is 2.24. The van der Waals surface area contributed by atoms with E-state index in [1.165, 1.54) is 6.26 Å². The molecule has 0 saturated carbocycles. The number of benzene rings is 1. The van der Waals surface area contributed by atoms with E-state index in [4.69, 9.17) is 0 Å². The van der Waals surface area contributed by atoms with E-state index in [2.05, 4.69) is 4.90 Å². The number of sulfone groups is 1. The molecule has 96 valence electrons. The summed E-state index contributed by atoms with van der Waals surface area (Å²) in [5, 5.41) is 0. The quantitative estimate of drug-likeness (QED) is 0.841. The van der Waals surface area contributed by atoms with Gasteiger partial charge in [-0.05, 0) is 37.1 Å². The Morgan fingerprint density at radius 1 is 1.06 bits per heavy atom. The summed E-state index contributed by atoms with van der Waals surface area (Å²) in [5.74, 6) is 0. The number of para-hydroxylation sites is 1. The van der Waals surface area contributed by atoms with Crippen molar-refractivity contribution in [2.45, 2.75) is 12.8 Å². The van der Waals surface area contributed by atoms with Crippen LogP contribution in [0.25, 0.3) is 0 Å². The number of anilines is 1. The Labute approximate surface area is 108 Å². The van der Waals surface area contributed by atoms with Gasteiger partial charge in [-0.2, -0.15) is 0 Å². The molecule has 18 heavy (non-hydrogen) atoms. The monoisotopic (exact) mass is 263 g/mol. The molecular weight excluding hydrogens is 246 g/mol. The van der Waals surface area contributed by atoms with Crippen LogP contribution in [0.2, 0.25) is 0 Å². The van der Waals surface area contributed by atoms with Gasteiger partial charge in [-0.1, -0.05) is 18.2 Å². The molecule has 0 saturated heterocycles. The van der Waals surface area contributed by atoms with Crippen LogP contribution in [0.3, 0.4) is 0 Å². The van der Waals surface area contributed by atoms with Crippen LogP contribution in [-0.2, 0) is 9.84 Å². The molecule has 0 heterocycles. The molecule has 1 aromatic carbocycles. The van der Waals surface area contributed by atoms with Gasteiger partial charge in [-0.25, -0.2) is 8.42 Å². The van der Waals surface area contributed by atoms with Gasteiger partial charge in [-0.15, -0.1) is 0 Å². The Balaban J connectivity index is 2.23. The molecule has 4 heteroatoms. The van der Waals surface area contributed by atoms with Gasteiger partial charge >= 0.3 is 0 Å². The van der Waals surface area contributed by atoms with Gasteiger partial charge < -0.3 is 4.90 Å². The molecule has 1 aromatic rings. The fourth-order valence-corrected chi connectivity index (χ4v) is 2.80. The third kappa shape index (κ3) is 2.82. The van der Waals surface area contributed by atoms with E-state index in [1.54, 1.807) is 6.08 Å². The first-order valence-corrected chi connectivity index (χ1v) is 7.76. The normalized spacial score (nSPS) is 15.9. The van der Waals surface area contributed by atoms with E-state index >= 15 is 0 Å². The lowest BCUT2D eigenvalue weighted by molar-refractivity contribution is 0.605. The molecule has 0 fully saturated rings. The van der Waals surface area contributed by atoms with Gasteiger partial charge in [0.05, 0.1) is 0 Å². The Bertz CT molecular complexity index is 585. The van der Waals surface area contributed by atoms with Gasteiger partial charge in [0.1, 0.15) is 0 Å². The molecule has 0 bridgehead atoms. The Kier molecular flexibility index (Phi) is 3.57. The maximum atomic E-state index is 11.4. The highest BCUT2D eigenvalue weighted by molar-refractivity contribution is 7.94. The van der Waals surface area contributed by atoms with Crippen LogP contribution in [0, 0.1) is 0 Å². The summed E-state index contributed by atoms with van der Waals surface area (Å²) in [6.07, 6.45) is 6.21. The van der Waals surface area contributed by atoms with Crippen LogP contribution >= 0.6 is 0 Å². The summed E-state index contributed by atoms with van der Waals surface area (Å²) < 4.78 is 22.8. The SMILES string of the molecule is CN(C1=CC=C(S(C)(=O)=O)CC1)c1ccccc1. The molecule has 0 amide bonds. The molecular formula is C14H17NO2S. The minimum absolute atomic E-state index is 0.521. The Morgan fingerprint density at radius 3 is 2.22 bits per heavy atom. The third-order valence-electron chi connectivity index (χ3n) is 3.14. The predicted molar refractivity (Wildman–Crippen MR) is 75.1 cm³/mol. The summed E-state index contributed by atoms with van der Waals surface area (Å²) in [6.45, 7) is 0. The van der Waals surface area contributed by atoms with Gasteiger partial charge in [-0.3, -0.25) is 0 Å². The van der Waals surface area contributed by atoms with E-state index in [9.17, 15) is 8.42 Å². The second kappa shape index (κ2) is 4.98. The number of hydrogen-bond donors (Lipinski definition) is 0. The lowest BCUT2D eigenvalue weighted by Gasteiger charge is -2.25. The van der Waals surface area contributed by atoms with Gasteiger partial charge in [0.25, 0.3) is 0 Å². The first-order valence-electron chi connectivity index (χ1n) is 5.87. The van der Waals surface area contributed by atoms with E-state index in [-0.39, 0.29) is 0 Å². The summed E-state index contributed by atoms with van der Waals surface area (Å²) in [7, 11) is -1.04. The molecule has 0 spiro atoms. The topological polar surface area (TPSA) is 37.4 Å². The van der Waals surface area contributed by atoms with Crippen LogP contribution in [0.5, 0.6) is 0 Å². The van der Waals surface area contributed by atoms with E-state index in [1.807, 2.05) is 43.5 Å². The van der Waals surface area contributed by atoms with E-state index in [0.29, 0.717) is 11.3 Å². The number of hydrogen-bond acceptors (Lipinski definition) is 3. The molecule has 0 aromatic heterocycles. The molecule has 2 rings (SSSR count). The summed E-state index contributed by atoms with van der Waals surface area (Å²) >= 11 is 0. The summed E-state index contributed by atoms with van der Waals surface area (Å²) in [6, 6.07) is 10.0. The van der Waals surface area contributed by atoms with Gasteiger partial charge in [0.15, 0.2) is 9.84 Å². The molecule has 0 radical (unpaired) electrons. The van der Waals surface area contributed by atoms with Crippen LogP contribution in [0.4, 0.5) is 5.69 Å². The molecule has 1 aliphatic rings. The standard InChI is InChI=1S/C14H17NO2S/c1-15(12-6-4-3-5-7-12)13-8-10-14(11-9-13)18(2,16)17/h3-8,10H,9,11H2,1-2H3. The highest BCUT2D eigenvalue weighted by Crippen LogP contribution is 2.26. The highest BCUT2D eigenvalue weighted by Gasteiger charge is 2.17. The second-order valence-corrected chi connectivity index (χ2v) is 6.53. The van der Waals surface area contributed by atoms with Crippen molar-refractivity contribution >= 4 is 15.5 Å². The highest BCUT2D eigenvalue weighted by atomic mass is 32.2. The van der Waals surface area contributed by atoms with Crippen molar-refractivity contribution in [2.24, 2.45) is 0 Å². The molecule has 1 aliphatic carbocycles. The molecule has 0 unspecified atom stereocenters. The summed E-state index contributed by atoms with van der Waals surface area (Å²) in [4.78, 5) is 2.61. The van der Waals surface area contributed by atoms with Crippen molar-refractivity contribution in [3.05, 3.63) is 53.1 Å². The number of rotatable bonds is 3. The first kappa shape index (κ1) is 12.9. The van der Waals surface area contributed by atoms with Crippen molar-refractivity contribution in [1.82, 2.24) is 0 Å². The Hall–Kier alpha value is -1.55. The maximum absolute atomic E-state index is 11.4. The predicted octanol–water partition coefficient (Wildman–Crippen LogP) is 2.73. The lowest BCUT2D eigenvalue weighted by atomic mass is 10.1. The lowest BCUT2D eigenvalue weighted by Crippen LogP contribution is -2.18. The van der Waals surface area contributed by atoms with Gasteiger partial charge in [0.2, 0.25) is 0 Å². The average Bonchev–Trinajstić information content (AvgIpc) is 2.38. The zero-order valence-electron chi connectivity index (χ0n) is 10.6. The third-order valence-corrected chi connectivity index (χ3v) is 4.43. The zero-order chi connectivity index (χ0) is 13.2. The first-order chi connectivity index (χ1) is 8.48. The number of nitrogens with zero attached hydrogens (tertiary/aromatic N) is 1. The largest absolute Gasteiger partial charge is 0.348 e. The smallest absolute Gasteiger partial charge is 0.171 e. The second-order valence-electron chi connectivity index (χ2n) is 4.46. The van der Waals surface area contributed by atoms with Crippen molar-refractivity contribution < 1.29 is 8.42 Å².